The maximum Gasteiger partial charge on any atom is 0.160 e. The van der Waals surface area contributed by atoms with Crippen molar-refractivity contribution in [3.63, 3.8) is 0 Å². The van der Waals surface area contributed by atoms with Crippen LogP contribution >= 0.6 is 0 Å². The topological polar surface area (TPSA) is 41.5 Å². The first kappa shape index (κ1) is 10.3. The van der Waals surface area contributed by atoms with E-state index in [9.17, 15) is 5.11 Å². The zero-order valence-corrected chi connectivity index (χ0v) is 8.78. The minimum Gasteiger partial charge on any atom is -0.504 e. The van der Waals surface area contributed by atoms with Crippen LogP contribution in [-0.4, -0.2) is 24.8 Å². The van der Waals surface area contributed by atoms with Crippen LogP contribution in [-0.2, 0) is 0 Å². The van der Waals surface area contributed by atoms with Crippen LogP contribution in [0.3, 0.4) is 0 Å². The molecule has 3 heteroatoms. The molecule has 15 heavy (non-hydrogen) atoms. The van der Waals surface area contributed by atoms with Crippen LogP contribution < -0.4 is 10.1 Å². The molecule has 0 radical (unpaired) electrons. The second kappa shape index (κ2) is 5.03. The molecular formula is C12H17NO2. The quantitative estimate of drug-likeness (QED) is 0.793. The lowest BCUT2D eigenvalue weighted by atomic mass is 9.99. The van der Waals surface area contributed by atoms with Gasteiger partial charge in [-0.25, -0.2) is 0 Å². The second-order valence-electron chi connectivity index (χ2n) is 3.97. The van der Waals surface area contributed by atoms with Crippen LogP contribution in [0.5, 0.6) is 11.5 Å². The summed E-state index contributed by atoms with van der Waals surface area (Å²) in [4.78, 5) is 0. The van der Waals surface area contributed by atoms with Crippen molar-refractivity contribution < 1.29 is 9.84 Å². The Hall–Kier alpha value is -1.22. The van der Waals surface area contributed by atoms with Crippen LogP contribution in [0.1, 0.15) is 12.8 Å². The molecule has 0 spiro atoms. The van der Waals surface area contributed by atoms with Gasteiger partial charge in [0.05, 0.1) is 6.61 Å². The highest BCUT2D eigenvalue weighted by Gasteiger charge is 2.14. The molecule has 0 aliphatic carbocycles. The van der Waals surface area contributed by atoms with Gasteiger partial charge in [0.2, 0.25) is 0 Å². The number of para-hydroxylation sites is 2. The lowest BCUT2D eigenvalue weighted by Crippen LogP contribution is -2.30. The third kappa shape index (κ3) is 2.86. The van der Waals surface area contributed by atoms with Gasteiger partial charge >= 0.3 is 0 Å². The molecule has 0 aromatic heterocycles. The smallest absolute Gasteiger partial charge is 0.160 e. The lowest BCUT2D eigenvalue weighted by molar-refractivity contribution is 0.209. The predicted molar refractivity (Wildman–Crippen MR) is 59.2 cm³/mol. The normalized spacial score (nSPS) is 17.6. The predicted octanol–water partition coefficient (Wildman–Crippen LogP) is 1.77. The zero-order valence-electron chi connectivity index (χ0n) is 8.78. The Bertz CT molecular complexity index is 308. The highest BCUT2D eigenvalue weighted by atomic mass is 16.5. The molecule has 0 atom stereocenters. The fourth-order valence-corrected chi connectivity index (χ4v) is 1.84. The monoisotopic (exact) mass is 207 g/mol. The number of aromatic hydroxyl groups is 1. The highest BCUT2D eigenvalue weighted by molar-refractivity contribution is 5.37. The summed E-state index contributed by atoms with van der Waals surface area (Å²) in [6, 6.07) is 7.12. The van der Waals surface area contributed by atoms with Gasteiger partial charge in [-0.05, 0) is 44.0 Å². The molecule has 1 aliphatic rings. The summed E-state index contributed by atoms with van der Waals surface area (Å²) in [6.45, 7) is 2.86. The van der Waals surface area contributed by atoms with Crippen molar-refractivity contribution in [2.24, 2.45) is 5.92 Å². The van der Waals surface area contributed by atoms with E-state index in [0.717, 1.165) is 25.9 Å². The van der Waals surface area contributed by atoms with Crippen LogP contribution in [0.2, 0.25) is 0 Å². The number of piperidine rings is 1. The van der Waals surface area contributed by atoms with Gasteiger partial charge in [-0.1, -0.05) is 12.1 Å². The summed E-state index contributed by atoms with van der Waals surface area (Å²) in [6.07, 6.45) is 2.32. The maximum atomic E-state index is 9.50. The van der Waals surface area contributed by atoms with Crippen molar-refractivity contribution in [3.8, 4) is 11.5 Å². The number of hydrogen-bond acceptors (Lipinski definition) is 3. The molecule has 1 heterocycles. The third-order valence-corrected chi connectivity index (χ3v) is 2.80. The fraction of sp³-hybridized carbons (Fsp3) is 0.500. The third-order valence-electron chi connectivity index (χ3n) is 2.80. The van der Waals surface area contributed by atoms with Gasteiger partial charge in [0.15, 0.2) is 11.5 Å². The summed E-state index contributed by atoms with van der Waals surface area (Å²) in [5.74, 6) is 1.44. The molecule has 1 aliphatic heterocycles. The molecule has 1 fully saturated rings. The number of phenolic OH excluding ortho intramolecular Hbond substituents is 1. The Morgan fingerprint density at radius 1 is 1.27 bits per heavy atom. The first-order valence-electron chi connectivity index (χ1n) is 5.48. The molecular weight excluding hydrogens is 190 g/mol. The molecule has 2 rings (SSSR count). The van der Waals surface area contributed by atoms with Gasteiger partial charge in [0.1, 0.15) is 0 Å². The van der Waals surface area contributed by atoms with E-state index in [-0.39, 0.29) is 5.75 Å². The van der Waals surface area contributed by atoms with E-state index < -0.39 is 0 Å². The first-order valence-corrected chi connectivity index (χ1v) is 5.48. The molecule has 0 bridgehead atoms. The summed E-state index contributed by atoms with van der Waals surface area (Å²) in [5.41, 5.74) is 0. The van der Waals surface area contributed by atoms with E-state index in [1.54, 1.807) is 18.2 Å². The van der Waals surface area contributed by atoms with Crippen molar-refractivity contribution in [3.05, 3.63) is 24.3 Å². The van der Waals surface area contributed by atoms with E-state index in [1.807, 2.05) is 6.07 Å². The molecule has 2 N–H and O–H groups in total. The van der Waals surface area contributed by atoms with E-state index in [1.165, 1.54) is 0 Å². The second-order valence-corrected chi connectivity index (χ2v) is 3.97. The van der Waals surface area contributed by atoms with Crippen LogP contribution in [0.15, 0.2) is 24.3 Å². The Balaban J connectivity index is 1.84. The van der Waals surface area contributed by atoms with Crippen molar-refractivity contribution in [2.45, 2.75) is 12.8 Å². The molecule has 3 nitrogen and oxygen atoms in total. The van der Waals surface area contributed by atoms with Crippen molar-refractivity contribution >= 4 is 0 Å². The van der Waals surface area contributed by atoms with Crippen LogP contribution in [0.4, 0.5) is 0 Å². The molecule has 0 amide bonds. The number of ether oxygens (including phenoxy) is 1. The molecule has 82 valence electrons. The molecule has 0 unspecified atom stereocenters. The first-order chi connectivity index (χ1) is 7.36. The van der Waals surface area contributed by atoms with Crippen molar-refractivity contribution in [1.29, 1.82) is 0 Å². The Morgan fingerprint density at radius 3 is 2.73 bits per heavy atom. The van der Waals surface area contributed by atoms with E-state index in [2.05, 4.69) is 5.32 Å². The minimum atomic E-state index is 0.228. The van der Waals surface area contributed by atoms with Crippen molar-refractivity contribution in [2.75, 3.05) is 19.7 Å². The van der Waals surface area contributed by atoms with Gasteiger partial charge in [-0.2, -0.15) is 0 Å². The molecule has 1 aromatic carbocycles. The van der Waals surface area contributed by atoms with Gasteiger partial charge in [0.25, 0.3) is 0 Å². The van der Waals surface area contributed by atoms with Gasteiger partial charge in [-0.15, -0.1) is 0 Å². The van der Waals surface area contributed by atoms with Gasteiger partial charge in [0, 0.05) is 0 Å². The standard InChI is InChI=1S/C12H17NO2/c14-11-3-1-2-4-12(11)15-9-10-5-7-13-8-6-10/h1-4,10,13-14H,5-9H2. The van der Waals surface area contributed by atoms with Gasteiger partial charge < -0.3 is 15.2 Å². The summed E-state index contributed by atoms with van der Waals surface area (Å²) < 4.78 is 5.60. The molecule has 1 saturated heterocycles. The summed E-state index contributed by atoms with van der Waals surface area (Å²) in [5, 5.41) is 12.8. The van der Waals surface area contributed by atoms with E-state index >= 15 is 0 Å². The number of benzene rings is 1. The highest BCUT2D eigenvalue weighted by Crippen LogP contribution is 2.25. The average molecular weight is 207 g/mol. The fourth-order valence-electron chi connectivity index (χ4n) is 1.84. The van der Waals surface area contributed by atoms with Crippen LogP contribution in [0.25, 0.3) is 0 Å². The number of nitrogens with one attached hydrogen (secondary N) is 1. The largest absolute Gasteiger partial charge is 0.504 e. The van der Waals surface area contributed by atoms with E-state index in [4.69, 9.17) is 4.74 Å². The average Bonchev–Trinajstić information content (AvgIpc) is 2.29. The Labute approximate surface area is 90.1 Å². The van der Waals surface area contributed by atoms with E-state index in [0.29, 0.717) is 18.3 Å². The summed E-state index contributed by atoms with van der Waals surface area (Å²) >= 11 is 0. The number of phenols is 1. The zero-order chi connectivity index (χ0) is 10.5. The van der Waals surface area contributed by atoms with Gasteiger partial charge in [-0.3, -0.25) is 0 Å². The van der Waals surface area contributed by atoms with Crippen molar-refractivity contribution in [1.82, 2.24) is 5.32 Å². The SMILES string of the molecule is Oc1ccccc1OCC1CCNCC1. The number of rotatable bonds is 3. The Kier molecular flexibility index (Phi) is 3.45. The minimum absolute atomic E-state index is 0.228. The Morgan fingerprint density at radius 2 is 2.00 bits per heavy atom. The molecule has 0 saturated carbocycles. The summed E-state index contributed by atoms with van der Waals surface area (Å²) in [7, 11) is 0. The lowest BCUT2D eigenvalue weighted by Gasteiger charge is -2.22. The maximum absolute atomic E-state index is 9.50. The molecule has 1 aromatic rings. The van der Waals surface area contributed by atoms with Crippen LogP contribution in [0, 0.1) is 5.92 Å². The number of hydrogen-bond donors (Lipinski definition) is 2.